The fraction of sp³-hybridized carbons (Fsp3) is 0.333. The van der Waals surface area contributed by atoms with Crippen molar-refractivity contribution in [3.05, 3.63) is 52.7 Å². The molecule has 0 aliphatic heterocycles. The van der Waals surface area contributed by atoms with E-state index in [1.54, 1.807) is 18.2 Å². The number of carbonyl (C=O) groups is 3. The second kappa shape index (κ2) is 9.05. The maximum Gasteiger partial charge on any atom is 0.307 e. The fourth-order valence-corrected chi connectivity index (χ4v) is 3.75. The molecule has 3 rings (SSSR count). The number of amides is 2. The van der Waals surface area contributed by atoms with E-state index in [1.165, 1.54) is 12.1 Å². The van der Waals surface area contributed by atoms with Crippen LogP contribution in [0.4, 0.5) is 11.5 Å². The molecule has 1 aromatic heterocycles. The van der Waals surface area contributed by atoms with Crippen LogP contribution < -0.4 is 10.6 Å². The summed E-state index contributed by atoms with van der Waals surface area (Å²) in [6.07, 6.45) is 2.65. The molecular weight excluding hydrogens is 394 g/mol. The SMILES string of the molecule is Cc1cccc(NC(=O)c2cc(NC(=O)[C@@H]3CCCC[C@H]3C(=O)O)ccc2Cl)n1. The molecule has 1 aromatic carbocycles. The molecule has 152 valence electrons. The summed E-state index contributed by atoms with van der Waals surface area (Å²) in [5, 5.41) is 15.0. The van der Waals surface area contributed by atoms with Gasteiger partial charge in [-0.1, -0.05) is 30.5 Å². The maximum atomic E-state index is 12.7. The molecule has 0 radical (unpaired) electrons. The number of aliphatic carboxylic acids is 1. The number of carbonyl (C=O) groups excluding carboxylic acids is 2. The lowest BCUT2D eigenvalue weighted by atomic mass is 9.78. The number of anilines is 2. The summed E-state index contributed by atoms with van der Waals surface area (Å²) in [6.45, 7) is 1.81. The zero-order valence-corrected chi connectivity index (χ0v) is 16.7. The number of nitrogens with zero attached hydrogens (tertiary/aromatic N) is 1. The quantitative estimate of drug-likeness (QED) is 0.680. The third-order valence-corrected chi connectivity index (χ3v) is 5.36. The summed E-state index contributed by atoms with van der Waals surface area (Å²) in [5.74, 6) is -2.65. The lowest BCUT2D eigenvalue weighted by Gasteiger charge is -2.27. The van der Waals surface area contributed by atoms with Gasteiger partial charge in [0.2, 0.25) is 5.91 Å². The molecule has 3 N–H and O–H groups in total. The molecule has 2 atom stereocenters. The van der Waals surface area contributed by atoms with Crippen molar-refractivity contribution in [3.8, 4) is 0 Å². The smallest absolute Gasteiger partial charge is 0.307 e. The van der Waals surface area contributed by atoms with E-state index >= 15 is 0 Å². The average molecular weight is 416 g/mol. The van der Waals surface area contributed by atoms with Gasteiger partial charge in [0.05, 0.1) is 22.4 Å². The molecule has 0 bridgehead atoms. The Hall–Kier alpha value is -2.93. The number of rotatable bonds is 5. The Morgan fingerprint density at radius 3 is 2.48 bits per heavy atom. The van der Waals surface area contributed by atoms with Gasteiger partial charge in [0.15, 0.2) is 0 Å². The Kier molecular flexibility index (Phi) is 6.49. The monoisotopic (exact) mass is 415 g/mol. The molecular formula is C21H22ClN3O4. The van der Waals surface area contributed by atoms with E-state index in [2.05, 4.69) is 15.6 Å². The molecule has 2 amide bonds. The van der Waals surface area contributed by atoms with Gasteiger partial charge in [0.25, 0.3) is 5.91 Å². The highest BCUT2D eigenvalue weighted by Gasteiger charge is 2.35. The molecule has 1 aliphatic carbocycles. The molecule has 8 heteroatoms. The summed E-state index contributed by atoms with van der Waals surface area (Å²) >= 11 is 6.17. The zero-order valence-electron chi connectivity index (χ0n) is 15.9. The van der Waals surface area contributed by atoms with Crippen LogP contribution in [0.5, 0.6) is 0 Å². The van der Waals surface area contributed by atoms with Crippen molar-refractivity contribution in [2.45, 2.75) is 32.6 Å². The lowest BCUT2D eigenvalue weighted by Crippen LogP contribution is -2.36. The number of halogens is 1. The van der Waals surface area contributed by atoms with Gasteiger partial charge in [-0.3, -0.25) is 14.4 Å². The number of hydrogen-bond acceptors (Lipinski definition) is 4. The Balaban J connectivity index is 1.75. The number of hydrogen-bond donors (Lipinski definition) is 3. The largest absolute Gasteiger partial charge is 0.481 e. The van der Waals surface area contributed by atoms with Crippen molar-refractivity contribution in [1.29, 1.82) is 0 Å². The van der Waals surface area contributed by atoms with Gasteiger partial charge in [-0.2, -0.15) is 0 Å². The second-order valence-electron chi connectivity index (χ2n) is 7.14. The first-order valence-electron chi connectivity index (χ1n) is 9.43. The first-order valence-corrected chi connectivity index (χ1v) is 9.81. The van der Waals surface area contributed by atoms with Gasteiger partial charge in [0.1, 0.15) is 5.82 Å². The lowest BCUT2D eigenvalue weighted by molar-refractivity contribution is -0.147. The van der Waals surface area contributed by atoms with Crippen LogP contribution in [0.3, 0.4) is 0 Å². The summed E-state index contributed by atoms with van der Waals surface area (Å²) in [6, 6.07) is 9.84. The molecule has 7 nitrogen and oxygen atoms in total. The number of nitrogens with one attached hydrogen (secondary N) is 2. The number of benzene rings is 1. The van der Waals surface area contributed by atoms with Crippen LogP contribution in [0.15, 0.2) is 36.4 Å². The molecule has 1 fully saturated rings. The molecule has 0 unspecified atom stereocenters. The van der Waals surface area contributed by atoms with Gasteiger partial charge >= 0.3 is 5.97 Å². The minimum Gasteiger partial charge on any atom is -0.481 e. The van der Waals surface area contributed by atoms with Gasteiger partial charge < -0.3 is 15.7 Å². The van der Waals surface area contributed by atoms with Crippen LogP contribution in [0, 0.1) is 18.8 Å². The van der Waals surface area contributed by atoms with E-state index in [-0.39, 0.29) is 16.5 Å². The van der Waals surface area contributed by atoms with E-state index < -0.39 is 23.7 Å². The number of pyridine rings is 1. The fourth-order valence-electron chi connectivity index (χ4n) is 3.55. The molecule has 1 heterocycles. The highest BCUT2D eigenvalue weighted by molar-refractivity contribution is 6.34. The van der Waals surface area contributed by atoms with E-state index in [1.807, 2.05) is 13.0 Å². The summed E-state index contributed by atoms with van der Waals surface area (Å²) in [4.78, 5) is 40.9. The molecule has 0 spiro atoms. The van der Waals surface area contributed by atoms with Crippen LogP contribution in [0.25, 0.3) is 0 Å². The number of carboxylic acid groups (broad SMARTS) is 1. The zero-order chi connectivity index (χ0) is 21.0. The van der Waals surface area contributed by atoms with Crippen LogP contribution in [-0.4, -0.2) is 27.9 Å². The Bertz CT molecular complexity index is 947. The number of aromatic nitrogens is 1. The first-order chi connectivity index (χ1) is 13.8. The normalized spacial score (nSPS) is 18.7. The third kappa shape index (κ3) is 5.12. The van der Waals surface area contributed by atoms with Crippen molar-refractivity contribution < 1.29 is 19.5 Å². The standard InChI is InChI=1S/C21H22ClN3O4/c1-12-5-4-8-18(23-12)25-20(27)16-11-13(9-10-17(16)22)24-19(26)14-6-2-3-7-15(14)21(28)29/h4-5,8-11,14-15H,2-3,6-7H2,1H3,(H,24,26)(H,28,29)(H,23,25,27)/t14-,15-/m1/s1. The van der Waals surface area contributed by atoms with Crippen LogP contribution in [0.1, 0.15) is 41.7 Å². The van der Waals surface area contributed by atoms with Crippen LogP contribution in [-0.2, 0) is 9.59 Å². The highest BCUT2D eigenvalue weighted by Crippen LogP contribution is 2.31. The molecule has 29 heavy (non-hydrogen) atoms. The van der Waals surface area contributed by atoms with Gasteiger partial charge in [-0.15, -0.1) is 0 Å². The summed E-state index contributed by atoms with van der Waals surface area (Å²) in [7, 11) is 0. The molecule has 0 saturated heterocycles. The van der Waals surface area contributed by atoms with E-state index in [4.69, 9.17) is 11.6 Å². The van der Waals surface area contributed by atoms with Crippen molar-refractivity contribution in [3.63, 3.8) is 0 Å². The van der Waals surface area contributed by atoms with E-state index in [9.17, 15) is 19.5 Å². The number of carboxylic acids is 1. The summed E-state index contributed by atoms with van der Waals surface area (Å²) < 4.78 is 0. The number of aryl methyl sites for hydroxylation is 1. The minimum atomic E-state index is -0.952. The highest BCUT2D eigenvalue weighted by atomic mass is 35.5. The Morgan fingerprint density at radius 2 is 1.79 bits per heavy atom. The van der Waals surface area contributed by atoms with Gasteiger partial charge in [-0.05, 0) is 50.1 Å². The van der Waals surface area contributed by atoms with Crippen molar-refractivity contribution in [1.82, 2.24) is 4.98 Å². The molecule has 2 aromatic rings. The average Bonchev–Trinajstić information content (AvgIpc) is 2.69. The Morgan fingerprint density at radius 1 is 1.07 bits per heavy atom. The van der Waals surface area contributed by atoms with Crippen molar-refractivity contribution >= 4 is 40.9 Å². The first kappa shape index (κ1) is 20.8. The van der Waals surface area contributed by atoms with Gasteiger partial charge in [-0.25, -0.2) is 4.98 Å². The predicted molar refractivity (Wildman–Crippen MR) is 110 cm³/mol. The Labute approximate surface area is 173 Å². The second-order valence-corrected chi connectivity index (χ2v) is 7.55. The van der Waals surface area contributed by atoms with Crippen molar-refractivity contribution in [2.24, 2.45) is 11.8 Å². The van der Waals surface area contributed by atoms with E-state index in [0.29, 0.717) is 24.3 Å². The van der Waals surface area contributed by atoms with Crippen LogP contribution in [0.2, 0.25) is 5.02 Å². The molecule has 1 aliphatic rings. The summed E-state index contributed by atoms with van der Waals surface area (Å²) in [5.41, 5.74) is 1.33. The predicted octanol–water partition coefficient (Wildman–Crippen LogP) is 4.13. The van der Waals surface area contributed by atoms with Crippen LogP contribution >= 0.6 is 11.6 Å². The maximum absolute atomic E-state index is 12.7. The third-order valence-electron chi connectivity index (χ3n) is 5.03. The van der Waals surface area contributed by atoms with E-state index in [0.717, 1.165) is 18.5 Å². The topological polar surface area (TPSA) is 108 Å². The minimum absolute atomic E-state index is 0.186. The van der Waals surface area contributed by atoms with Crippen molar-refractivity contribution in [2.75, 3.05) is 10.6 Å². The van der Waals surface area contributed by atoms with Gasteiger partial charge in [0, 0.05) is 11.4 Å². The molecule has 1 saturated carbocycles.